The van der Waals surface area contributed by atoms with Gasteiger partial charge < -0.3 is 15.5 Å². The molecule has 164 valence electrons. The predicted octanol–water partition coefficient (Wildman–Crippen LogP) is 2.12. The Bertz CT molecular complexity index is 1170. The summed E-state index contributed by atoms with van der Waals surface area (Å²) in [4.78, 5) is 28.9. The molecule has 3 aromatic rings. The number of aromatic nitrogens is 2. The molecule has 2 heterocycles. The average Bonchev–Trinajstić information content (AvgIpc) is 2.70. The number of benzene rings is 1. The van der Waals surface area contributed by atoms with Crippen LogP contribution >= 0.6 is 0 Å². The Morgan fingerprint density at radius 1 is 1.16 bits per heavy atom. The van der Waals surface area contributed by atoms with Crippen molar-refractivity contribution in [3.8, 4) is 5.75 Å². The Labute approximate surface area is 172 Å². The molecule has 0 atom stereocenters. The molecule has 3 rings (SSSR count). The van der Waals surface area contributed by atoms with Gasteiger partial charge in [-0.25, -0.2) is 4.39 Å². The summed E-state index contributed by atoms with van der Waals surface area (Å²) in [7, 11) is 0. The summed E-state index contributed by atoms with van der Waals surface area (Å²) < 4.78 is 52.9. The normalized spacial score (nSPS) is 11.6. The van der Waals surface area contributed by atoms with Gasteiger partial charge in [-0.05, 0) is 35.7 Å². The Kier molecular flexibility index (Phi) is 6.25. The summed E-state index contributed by atoms with van der Waals surface area (Å²) in [6.45, 7) is -2.44. The molecule has 11 heteroatoms. The highest BCUT2D eigenvalue weighted by atomic mass is 19.4. The summed E-state index contributed by atoms with van der Waals surface area (Å²) in [5.74, 6) is -2.44. The molecule has 2 aromatic heterocycles. The summed E-state index contributed by atoms with van der Waals surface area (Å²) >= 11 is 0. The summed E-state index contributed by atoms with van der Waals surface area (Å²) in [5, 5.41) is 21.3. The number of pyridine rings is 2. The van der Waals surface area contributed by atoms with Crippen LogP contribution in [0.2, 0.25) is 0 Å². The van der Waals surface area contributed by atoms with E-state index in [9.17, 15) is 32.3 Å². The minimum Gasteiger partial charge on any atom is -0.505 e. The SMILES string of the molecule is O=C(NCCO)c1c(O)c2ncc(Cc3ccc(F)cc3)cc2n(CC(F)(F)F)c1=O. The predicted molar refractivity (Wildman–Crippen MR) is 102 cm³/mol. The number of hydrogen-bond donors (Lipinski definition) is 3. The number of aliphatic hydroxyl groups excluding tert-OH is 1. The molecule has 3 N–H and O–H groups in total. The molecular formula is C20H17F4N3O4. The van der Waals surface area contributed by atoms with Gasteiger partial charge in [-0.3, -0.25) is 19.1 Å². The molecule has 0 aliphatic rings. The van der Waals surface area contributed by atoms with Gasteiger partial charge in [-0.15, -0.1) is 0 Å². The molecule has 0 aliphatic heterocycles. The second kappa shape index (κ2) is 8.72. The topological polar surface area (TPSA) is 104 Å². The zero-order chi connectivity index (χ0) is 22.8. The molecule has 1 aromatic carbocycles. The highest BCUT2D eigenvalue weighted by Crippen LogP contribution is 2.28. The molecule has 0 saturated carbocycles. The monoisotopic (exact) mass is 439 g/mol. The van der Waals surface area contributed by atoms with Crippen molar-refractivity contribution in [2.45, 2.75) is 19.1 Å². The summed E-state index contributed by atoms with van der Waals surface area (Å²) in [5.41, 5.74) is -1.86. The first-order valence-electron chi connectivity index (χ1n) is 9.05. The quantitative estimate of drug-likeness (QED) is 0.511. The van der Waals surface area contributed by atoms with E-state index in [0.717, 1.165) is 0 Å². The van der Waals surface area contributed by atoms with Crippen LogP contribution in [0.25, 0.3) is 11.0 Å². The second-order valence-electron chi connectivity index (χ2n) is 6.72. The molecule has 0 radical (unpaired) electrons. The van der Waals surface area contributed by atoms with Gasteiger partial charge in [0.2, 0.25) is 0 Å². The lowest BCUT2D eigenvalue weighted by Gasteiger charge is -2.16. The number of nitrogens with one attached hydrogen (secondary N) is 1. The van der Waals surface area contributed by atoms with Crippen LogP contribution in [0, 0.1) is 5.82 Å². The van der Waals surface area contributed by atoms with E-state index >= 15 is 0 Å². The number of aromatic hydroxyl groups is 1. The van der Waals surface area contributed by atoms with Gasteiger partial charge in [0, 0.05) is 12.7 Å². The molecular weight excluding hydrogens is 422 g/mol. The molecule has 0 aliphatic carbocycles. The highest BCUT2D eigenvalue weighted by molar-refractivity contribution is 6.01. The van der Waals surface area contributed by atoms with Gasteiger partial charge in [-0.1, -0.05) is 12.1 Å². The van der Waals surface area contributed by atoms with Crippen LogP contribution < -0.4 is 10.9 Å². The van der Waals surface area contributed by atoms with E-state index in [2.05, 4.69) is 10.3 Å². The number of halogens is 4. The van der Waals surface area contributed by atoms with Crippen molar-refractivity contribution >= 4 is 16.9 Å². The van der Waals surface area contributed by atoms with Gasteiger partial charge in [-0.2, -0.15) is 13.2 Å². The van der Waals surface area contributed by atoms with E-state index in [1.165, 1.54) is 36.5 Å². The number of carbonyl (C=O) groups excluding carboxylic acids is 1. The third-order valence-electron chi connectivity index (χ3n) is 4.42. The minimum atomic E-state index is -4.79. The van der Waals surface area contributed by atoms with Crippen molar-refractivity contribution in [1.82, 2.24) is 14.9 Å². The van der Waals surface area contributed by atoms with Gasteiger partial charge in [0.15, 0.2) is 5.75 Å². The smallest absolute Gasteiger partial charge is 0.406 e. The number of nitrogens with zero attached hydrogens (tertiary/aromatic N) is 2. The van der Waals surface area contributed by atoms with Crippen LogP contribution in [0.3, 0.4) is 0 Å². The van der Waals surface area contributed by atoms with Crippen molar-refractivity contribution in [3.63, 3.8) is 0 Å². The number of carbonyl (C=O) groups is 1. The fourth-order valence-electron chi connectivity index (χ4n) is 3.08. The average molecular weight is 439 g/mol. The van der Waals surface area contributed by atoms with Gasteiger partial charge in [0.25, 0.3) is 11.5 Å². The van der Waals surface area contributed by atoms with Crippen LogP contribution in [0.5, 0.6) is 5.75 Å². The fraction of sp³-hybridized carbons (Fsp3) is 0.250. The third kappa shape index (κ3) is 5.00. The number of hydrogen-bond acceptors (Lipinski definition) is 5. The van der Waals surface area contributed by atoms with Crippen LogP contribution in [-0.4, -0.2) is 45.0 Å². The molecule has 0 fully saturated rings. The Morgan fingerprint density at radius 3 is 2.45 bits per heavy atom. The molecule has 0 bridgehead atoms. The lowest BCUT2D eigenvalue weighted by atomic mass is 10.1. The lowest BCUT2D eigenvalue weighted by Crippen LogP contribution is -2.37. The molecule has 0 spiro atoms. The number of alkyl halides is 3. The van der Waals surface area contributed by atoms with E-state index in [1.807, 2.05) is 0 Å². The van der Waals surface area contributed by atoms with Crippen LogP contribution in [0.15, 0.2) is 41.3 Å². The number of aliphatic hydroxyl groups is 1. The zero-order valence-electron chi connectivity index (χ0n) is 15.9. The largest absolute Gasteiger partial charge is 0.505 e. The first-order chi connectivity index (χ1) is 14.6. The van der Waals surface area contributed by atoms with Crippen LogP contribution in [0.4, 0.5) is 17.6 Å². The van der Waals surface area contributed by atoms with Crippen molar-refractivity contribution in [1.29, 1.82) is 0 Å². The number of rotatable bonds is 6. The molecule has 0 saturated heterocycles. The first kappa shape index (κ1) is 22.2. The van der Waals surface area contributed by atoms with E-state index in [4.69, 9.17) is 5.11 Å². The van der Waals surface area contributed by atoms with E-state index in [-0.39, 0.29) is 24.0 Å². The lowest BCUT2D eigenvalue weighted by molar-refractivity contribution is -0.140. The highest BCUT2D eigenvalue weighted by Gasteiger charge is 2.32. The standard InChI is InChI=1S/C20H17F4N3O4/c21-13-3-1-11(2-4-13)7-12-8-14-16(26-9-12)17(29)15(18(30)25-5-6-28)19(31)27(14)10-20(22,23)24/h1-4,8-9,28-29H,5-7,10H2,(H,25,30). The third-order valence-corrected chi connectivity index (χ3v) is 4.42. The molecule has 31 heavy (non-hydrogen) atoms. The fourth-order valence-corrected chi connectivity index (χ4v) is 3.08. The minimum absolute atomic E-state index is 0.183. The van der Waals surface area contributed by atoms with Crippen molar-refractivity contribution in [2.24, 2.45) is 0 Å². The maximum atomic E-state index is 13.2. The Balaban J connectivity index is 2.17. The van der Waals surface area contributed by atoms with Crippen molar-refractivity contribution in [3.05, 3.63) is 69.4 Å². The van der Waals surface area contributed by atoms with Gasteiger partial charge in [0.1, 0.15) is 23.4 Å². The molecule has 1 amide bonds. The van der Waals surface area contributed by atoms with Crippen LogP contribution in [0.1, 0.15) is 21.5 Å². The van der Waals surface area contributed by atoms with Crippen molar-refractivity contribution < 1.29 is 32.6 Å². The van der Waals surface area contributed by atoms with Crippen LogP contribution in [-0.2, 0) is 13.0 Å². The maximum Gasteiger partial charge on any atom is 0.406 e. The van der Waals surface area contributed by atoms with E-state index < -0.39 is 47.9 Å². The van der Waals surface area contributed by atoms with Gasteiger partial charge in [0.05, 0.1) is 12.1 Å². The number of fused-ring (bicyclic) bond motifs is 1. The molecule has 0 unspecified atom stereocenters. The summed E-state index contributed by atoms with van der Waals surface area (Å²) in [6.07, 6.45) is -3.33. The first-order valence-corrected chi connectivity index (χ1v) is 9.05. The zero-order valence-corrected chi connectivity index (χ0v) is 15.9. The molecule has 7 nitrogen and oxygen atoms in total. The maximum absolute atomic E-state index is 13.2. The van der Waals surface area contributed by atoms with E-state index in [1.54, 1.807) is 0 Å². The van der Waals surface area contributed by atoms with Crippen molar-refractivity contribution in [2.75, 3.05) is 13.2 Å². The second-order valence-corrected chi connectivity index (χ2v) is 6.72. The Hall–Kier alpha value is -3.47. The Morgan fingerprint density at radius 2 is 1.84 bits per heavy atom. The number of amides is 1. The summed E-state index contributed by atoms with van der Waals surface area (Å²) in [6, 6.07) is 6.70. The van der Waals surface area contributed by atoms with Gasteiger partial charge >= 0.3 is 6.18 Å². The van der Waals surface area contributed by atoms with E-state index in [0.29, 0.717) is 15.7 Å².